The van der Waals surface area contributed by atoms with Crippen LogP contribution in [0.5, 0.6) is 0 Å². The number of hydrogen-bond donors (Lipinski definition) is 0. The molecule has 0 aliphatic rings. The third kappa shape index (κ3) is 11.0. The molecule has 0 unspecified atom stereocenters. The lowest BCUT2D eigenvalue weighted by molar-refractivity contribution is -0.112. The molecule has 3 nitrogen and oxygen atoms in total. The highest BCUT2D eigenvalue weighted by Gasteiger charge is 1.83. The topological polar surface area (TPSA) is 35.5 Å². The fraction of sp³-hybridized carbons (Fsp3) is 0.833. The first-order valence-electron chi connectivity index (χ1n) is 3.01. The maximum Gasteiger partial charge on any atom is 0.187 e. The van der Waals surface area contributed by atoms with Gasteiger partial charge < -0.3 is 14.3 Å². The summed E-state index contributed by atoms with van der Waals surface area (Å²) in [6, 6.07) is 0. The van der Waals surface area contributed by atoms with Crippen LogP contribution >= 0.6 is 0 Å². The minimum absolute atomic E-state index is 0. The molecule has 0 spiro atoms. The first-order valence-corrected chi connectivity index (χ1v) is 3.01. The van der Waals surface area contributed by atoms with Crippen molar-refractivity contribution in [2.45, 2.75) is 6.92 Å². The van der Waals surface area contributed by atoms with Crippen molar-refractivity contribution in [3.05, 3.63) is 0 Å². The molecule has 0 aliphatic carbocycles. The molecule has 0 amide bonds. The highest BCUT2D eigenvalue weighted by Crippen LogP contribution is 1.74. The summed E-state index contributed by atoms with van der Waals surface area (Å²) >= 11 is 0. The summed E-state index contributed by atoms with van der Waals surface area (Å²) in [5.74, 6) is 0. The van der Waals surface area contributed by atoms with Gasteiger partial charge in [-0.3, -0.25) is 0 Å². The second-order valence-electron chi connectivity index (χ2n) is 1.44. The molecule has 0 bridgehead atoms. The van der Waals surface area contributed by atoms with E-state index in [-0.39, 0.29) is 24.0 Å². The molecule has 0 aliphatic heterocycles. The zero-order chi connectivity index (χ0) is 6.95. The van der Waals surface area contributed by atoms with Gasteiger partial charge in [0.1, 0.15) is 12.9 Å². The number of carbonyl (C=O) groups excluding carboxylic acids is 1. The fourth-order valence-electron chi connectivity index (χ4n) is 0.394. The molecule has 0 rings (SSSR count). The Kier molecular flexibility index (Phi) is 15.1. The normalized spacial score (nSPS) is 8.50. The van der Waals surface area contributed by atoms with Crippen LogP contribution in [0.3, 0.4) is 0 Å². The van der Waals surface area contributed by atoms with Crippen molar-refractivity contribution < 1.29 is 14.3 Å². The van der Waals surface area contributed by atoms with Gasteiger partial charge in [0.15, 0.2) is 17.4 Å². The third-order valence-electron chi connectivity index (χ3n) is 0.762. The van der Waals surface area contributed by atoms with Crippen molar-refractivity contribution in [1.29, 1.82) is 0 Å². The number of ether oxygens (including phenoxy) is 2. The van der Waals surface area contributed by atoms with Crippen molar-refractivity contribution in [2.75, 3.05) is 26.4 Å². The van der Waals surface area contributed by atoms with Gasteiger partial charge in [0, 0.05) is 6.61 Å². The van der Waals surface area contributed by atoms with Crippen LogP contribution in [0.15, 0.2) is 0 Å². The summed E-state index contributed by atoms with van der Waals surface area (Å²) in [4.78, 5) is 9.67. The van der Waals surface area contributed by atoms with Crippen molar-refractivity contribution in [2.24, 2.45) is 0 Å². The molecule has 0 aromatic carbocycles. The molecule has 0 N–H and O–H groups in total. The van der Waals surface area contributed by atoms with E-state index in [9.17, 15) is 4.79 Å². The van der Waals surface area contributed by atoms with E-state index < -0.39 is 0 Å². The Morgan fingerprint density at radius 1 is 1.30 bits per heavy atom. The Hall–Kier alpha value is 0.122. The molecule has 0 heterocycles. The Bertz CT molecular complexity index is 68.0. The SMILES string of the molecule is CCOCCOCC=O.[AlH3]. The quantitative estimate of drug-likeness (QED) is 0.287. The zero-order valence-electron chi connectivity index (χ0n) is 5.63. The van der Waals surface area contributed by atoms with Crippen LogP contribution in [0.2, 0.25) is 0 Å². The summed E-state index contributed by atoms with van der Waals surface area (Å²) in [7, 11) is 0. The molecule has 0 aromatic heterocycles. The maximum atomic E-state index is 9.67. The lowest BCUT2D eigenvalue weighted by Gasteiger charge is -1.98. The van der Waals surface area contributed by atoms with Crippen molar-refractivity contribution in [1.82, 2.24) is 0 Å². The van der Waals surface area contributed by atoms with Gasteiger partial charge in [-0.05, 0) is 6.92 Å². The molecule has 10 heavy (non-hydrogen) atoms. The van der Waals surface area contributed by atoms with Gasteiger partial charge in [0.25, 0.3) is 0 Å². The van der Waals surface area contributed by atoms with Crippen LogP contribution in [0.4, 0.5) is 0 Å². The number of rotatable bonds is 6. The highest BCUT2D eigenvalue weighted by molar-refractivity contribution is 5.75. The van der Waals surface area contributed by atoms with Crippen LogP contribution < -0.4 is 0 Å². The Morgan fingerprint density at radius 3 is 2.40 bits per heavy atom. The van der Waals surface area contributed by atoms with Crippen LogP contribution in [-0.4, -0.2) is 50.1 Å². The van der Waals surface area contributed by atoms with Crippen molar-refractivity contribution in [3.8, 4) is 0 Å². The predicted molar refractivity (Wildman–Crippen MR) is 43.3 cm³/mol. The molecule has 60 valence electrons. The molecule has 0 radical (unpaired) electrons. The lowest BCUT2D eigenvalue weighted by atomic mass is 10.7. The minimum atomic E-state index is 0. The first kappa shape index (κ1) is 12.8. The van der Waals surface area contributed by atoms with E-state index in [1.165, 1.54) is 0 Å². The molecule has 0 aromatic rings. The van der Waals surface area contributed by atoms with Gasteiger partial charge in [0.2, 0.25) is 0 Å². The van der Waals surface area contributed by atoms with Gasteiger partial charge in [-0.15, -0.1) is 0 Å². The Morgan fingerprint density at radius 2 is 1.90 bits per heavy atom. The van der Waals surface area contributed by atoms with E-state index in [1.54, 1.807) is 0 Å². The lowest BCUT2D eigenvalue weighted by Crippen LogP contribution is -2.04. The Balaban J connectivity index is 0. The molecule has 4 heteroatoms. The molecule has 0 saturated heterocycles. The summed E-state index contributed by atoms with van der Waals surface area (Å²) in [5.41, 5.74) is 0. The number of hydrogen-bond acceptors (Lipinski definition) is 3. The smallest absolute Gasteiger partial charge is 0.187 e. The van der Waals surface area contributed by atoms with E-state index >= 15 is 0 Å². The average Bonchev–Trinajstić information content (AvgIpc) is 1.89. The van der Waals surface area contributed by atoms with Crippen LogP contribution in [0, 0.1) is 0 Å². The summed E-state index contributed by atoms with van der Waals surface area (Å²) in [5, 5.41) is 0. The largest absolute Gasteiger partial charge is 0.379 e. The second kappa shape index (κ2) is 11.9. The number of carbonyl (C=O) groups is 1. The molecule has 0 fully saturated rings. The van der Waals surface area contributed by atoms with Crippen LogP contribution in [0.25, 0.3) is 0 Å². The predicted octanol–water partition coefficient (Wildman–Crippen LogP) is -0.946. The standard InChI is InChI=1S/C6H12O3.Al.3H/c1-2-8-5-6-9-4-3-7;;;;/h3H,2,4-6H2,1H3;;;;. The van der Waals surface area contributed by atoms with E-state index in [1.807, 2.05) is 6.92 Å². The van der Waals surface area contributed by atoms with Gasteiger partial charge in [-0.25, -0.2) is 0 Å². The second-order valence-corrected chi connectivity index (χ2v) is 1.44. The van der Waals surface area contributed by atoms with Crippen LogP contribution in [0.1, 0.15) is 6.92 Å². The zero-order valence-corrected chi connectivity index (χ0v) is 5.63. The van der Waals surface area contributed by atoms with E-state index in [0.29, 0.717) is 19.8 Å². The molecule has 0 atom stereocenters. The van der Waals surface area contributed by atoms with Crippen LogP contribution in [-0.2, 0) is 14.3 Å². The molecular weight excluding hydrogens is 147 g/mol. The first-order chi connectivity index (χ1) is 4.41. The summed E-state index contributed by atoms with van der Waals surface area (Å²) in [6.45, 7) is 3.87. The van der Waals surface area contributed by atoms with Gasteiger partial charge >= 0.3 is 0 Å². The Labute approximate surface area is 71.8 Å². The summed E-state index contributed by atoms with van der Waals surface area (Å²) < 4.78 is 9.73. The van der Waals surface area contributed by atoms with Gasteiger partial charge in [-0.1, -0.05) is 0 Å². The van der Waals surface area contributed by atoms with E-state index in [0.717, 1.165) is 6.29 Å². The minimum Gasteiger partial charge on any atom is -0.379 e. The van der Waals surface area contributed by atoms with Gasteiger partial charge in [-0.2, -0.15) is 0 Å². The average molecular weight is 162 g/mol. The highest BCUT2D eigenvalue weighted by atomic mass is 27.0. The van der Waals surface area contributed by atoms with Crippen molar-refractivity contribution >= 4 is 23.6 Å². The van der Waals surface area contributed by atoms with Crippen molar-refractivity contribution in [3.63, 3.8) is 0 Å². The molecule has 0 saturated carbocycles. The maximum absolute atomic E-state index is 9.67. The third-order valence-corrected chi connectivity index (χ3v) is 0.762. The van der Waals surface area contributed by atoms with E-state index in [4.69, 9.17) is 9.47 Å². The molecular formula is C6H15AlO3. The number of aldehydes is 1. The summed E-state index contributed by atoms with van der Waals surface area (Å²) in [6.07, 6.45) is 0.728. The van der Waals surface area contributed by atoms with Gasteiger partial charge in [0.05, 0.1) is 13.2 Å². The van der Waals surface area contributed by atoms with E-state index in [2.05, 4.69) is 0 Å². The fourth-order valence-corrected chi connectivity index (χ4v) is 0.394. The monoisotopic (exact) mass is 162 g/mol.